The molecule has 0 saturated carbocycles. The van der Waals surface area contributed by atoms with Crippen molar-refractivity contribution in [2.75, 3.05) is 10.6 Å². The Balaban J connectivity index is 1.92. The molecule has 3 rings (SSSR count). The lowest BCUT2D eigenvalue weighted by atomic mass is 9.97. The number of nitrogens with zero attached hydrogens (tertiary/aromatic N) is 1. The predicted molar refractivity (Wildman–Crippen MR) is 84.1 cm³/mol. The van der Waals surface area contributed by atoms with E-state index in [1.54, 1.807) is 0 Å². The normalized spacial score (nSPS) is 20.1. The third kappa shape index (κ3) is 2.24. The minimum atomic E-state index is -0.130. The Morgan fingerprint density at radius 2 is 1.85 bits per heavy atom. The van der Waals surface area contributed by atoms with Crippen LogP contribution in [0.25, 0.3) is 0 Å². The molecule has 0 spiro atoms. The van der Waals surface area contributed by atoms with Gasteiger partial charge in [0.25, 0.3) is 0 Å². The van der Waals surface area contributed by atoms with Crippen LogP contribution in [0, 0.1) is 13.8 Å². The van der Waals surface area contributed by atoms with Crippen molar-refractivity contribution in [1.82, 2.24) is 4.98 Å². The van der Waals surface area contributed by atoms with Crippen molar-refractivity contribution < 1.29 is 0 Å². The largest absolute Gasteiger partial charge is 0.359 e. The summed E-state index contributed by atoms with van der Waals surface area (Å²) >= 11 is 0. The summed E-state index contributed by atoms with van der Waals surface area (Å²) in [5, 5.41) is 7.27. The molecule has 3 heteroatoms. The zero-order valence-electron chi connectivity index (χ0n) is 12.3. The number of pyridine rings is 1. The molecule has 1 atom stereocenters. The molecule has 1 unspecified atom stereocenters. The average molecular weight is 267 g/mol. The number of hydrogen-bond donors (Lipinski definition) is 2. The van der Waals surface area contributed by atoms with E-state index in [0.717, 1.165) is 30.0 Å². The van der Waals surface area contributed by atoms with E-state index in [-0.39, 0.29) is 5.66 Å². The first kappa shape index (κ1) is 13.0. The molecule has 1 aromatic heterocycles. The van der Waals surface area contributed by atoms with E-state index >= 15 is 0 Å². The van der Waals surface area contributed by atoms with Gasteiger partial charge in [-0.15, -0.1) is 0 Å². The van der Waals surface area contributed by atoms with Gasteiger partial charge in [0.05, 0.1) is 5.69 Å². The van der Waals surface area contributed by atoms with Crippen molar-refractivity contribution in [3.05, 3.63) is 53.2 Å². The van der Waals surface area contributed by atoms with Crippen molar-refractivity contribution in [1.29, 1.82) is 0 Å². The van der Waals surface area contributed by atoms with Crippen LogP contribution >= 0.6 is 0 Å². The Kier molecular flexibility index (Phi) is 3.13. The molecule has 0 saturated heterocycles. The summed E-state index contributed by atoms with van der Waals surface area (Å²) in [7, 11) is 0. The van der Waals surface area contributed by atoms with Crippen molar-refractivity contribution in [2.24, 2.45) is 0 Å². The fraction of sp³-hybridized carbons (Fsp3) is 0.353. The van der Waals surface area contributed by atoms with E-state index in [1.165, 1.54) is 11.1 Å². The van der Waals surface area contributed by atoms with Crippen LogP contribution in [0.2, 0.25) is 0 Å². The summed E-state index contributed by atoms with van der Waals surface area (Å²) in [6, 6.07) is 12.7. The number of nitrogens with one attached hydrogen (secondary N) is 2. The molecule has 1 aliphatic heterocycles. The first-order valence-corrected chi connectivity index (χ1v) is 7.20. The first-order chi connectivity index (χ1) is 9.62. The molecule has 0 aliphatic carbocycles. The fourth-order valence-corrected chi connectivity index (χ4v) is 2.92. The van der Waals surface area contributed by atoms with Crippen LogP contribution in [-0.4, -0.2) is 10.6 Å². The third-order valence-corrected chi connectivity index (χ3v) is 4.02. The van der Waals surface area contributed by atoms with E-state index < -0.39 is 0 Å². The van der Waals surface area contributed by atoms with Crippen LogP contribution in [0.3, 0.4) is 0 Å². The molecule has 0 radical (unpaired) electrons. The van der Waals surface area contributed by atoms with Crippen molar-refractivity contribution in [3.8, 4) is 0 Å². The summed E-state index contributed by atoms with van der Waals surface area (Å²) in [6.07, 6.45) is 1.94. The highest BCUT2D eigenvalue weighted by molar-refractivity contribution is 5.76. The molecule has 1 aliphatic rings. The lowest BCUT2D eigenvalue weighted by molar-refractivity contribution is 0.520. The molecular weight excluding hydrogens is 246 g/mol. The van der Waals surface area contributed by atoms with Gasteiger partial charge in [-0.3, -0.25) is 0 Å². The van der Waals surface area contributed by atoms with Crippen LogP contribution in [0.15, 0.2) is 36.4 Å². The number of fused-ring (bicyclic) bond motifs is 1. The Hall–Kier alpha value is -2.03. The fourth-order valence-electron chi connectivity index (χ4n) is 2.92. The first-order valence-electron chi connectivity index (χ1n) is 7.20. The van der Waals surface area contributed by atoms with Crippen molar-refractivity contribution >= 4 is 11.5 Å². The molecule has 0 amide bonds. The predicted octanol–water partition coefficient (Wildman–Crippen LogP) is 3.88. The number of anilines is 2. The Morgan fingerprint density at radius 1 is 1.10 bits per heavy atom. The van der Waals surface area contributed by atoms with E-state index in [9.17, 15) is 0 Å². The Morgan fingerprint density at radius 3 is 2.55 bits per heavy atom. The van der Waals surface area contributed by atoms with E-state index in [0.29, 0.717) is 0 Å². The highest BCUT2D eigenvalue weighted by Crippen LogP contribution is 2.38. The lowest BCUT2D eigenvalue weighted by Gasteiger charge is -2.29. The van der Waals surface area contributed by atoms with Gasteiger partial charge in [0, 0.05) is 12.1 Å². The SMILES string of the molecule is CCC1(Cc2ccccc2)Nc2nc(C)cc(C)c2N1. The molecular formula is C17H21N3. The standard InChI is InChI=1S/C17H21N3/c1-4-17(11-14-8-6-5-7-9-14)19-15-12(2)10-13(3)18-16(15)20-17/h5-10,19H,4,11H2,1-3H3,(H,18,20). The molecule has 104 valence electrons. The summed E-state index contributed by atoms with van der Waals surface area (Å²) in [5.74, 6) is 0.986. The smallest absolute Gasteiger partial charge is 0.151 e. The second kappa shape index (κ2) is 4.82. The highest BCUT2D eigenvalue weighted by atomic mass is 15.3. The minimum Gasteiger partial charge on any atom is -0.359 e. The van der Waals surface area contributed by atoms with E-state index in [1.807, 2.05) is 6.92 Å². The summed E-state index contributed by atoms with van der Waals surface area (Å²) in [4.78, 5) is 4.63. The van der Waals surface area contributed by atoms with Crippen molar-refractivity contribution in [2.45, 2.75) is 39.3 Å². The number of rotatable bonds is 3. The van der Waals surface area contributed by atoms with Crippen molar-refractivity contribution in [3.63, 3.8) is 0 Å². The van der Waals surface area contributed by atoms with Gasteiger partial charge in [-0.25, -0.2) is 4.98 Å². The monoisotopic (exact) mass is 267 g/mol. The van der Waals surface area contributed by atoms with Gasteiger partial charge in [-0.2, -0.15) is 0 Å². The van der Waals surface area contributed by atoms with Gasteiger partial charge in [-0.05, 0) is 37.5 Å². The summed E-state index contributed by atoms with van der Waals surface area (Å²) in [6.45, 7) is 6.38. The van der Waals surface area contributed by atoms with Crippen LogP contribution in [0.5, 0.6) is 0 Å². The Bertz CT molecular complexity index is 622. The Labute approximate surface area is 120 Å². The highest BCUT2D eigenvalue weighted by Gasteiger charge is 2.36. The van der Waals surface area contributed by atoms with Crippen LogP contribution in [0.4, 0.5) is 11.5 Å². The number of benzene rings is 1. The number of hydrogen-bond acceptors (Lipinski definition) is 3. The molecule has 1 aromatic carbocycles. The molecule has 2 heterocycles. The second-order valence-electron chi connectivity index (χ2n) is 5.65. The molecule has 3 nitrogen and oxygen atoms in total. The zero-order chi connectivity index (χ0) is 14.2. The topological polar surface area (TPSA) is 37.0 Å². The number of aromatic nitrogens is 1. The van der Waals surface area contributed by atoms with Gasteiger partial charge in [0.2, 0.25) is 0 Å². The third-order valence-electron chi connectivity index (χ3n) is 4.02. The molecule has 20 heavy (non-hydrogen) atoms. The average Bonchev–Trinajstić information content (AvgIpc) is 2.79. The van der Waals surface area contributed by atoms with E-state index in [2.05, 4.69) is 65.9 Å². The maximum atomic E-state index is 4.63. The molecule has 2 N–H and O–H groups in total. The van der Waals surface area contributed by atoms with Gasteiger partial charge in [-0.1, -0.05) is 37.3 Å². The quantitative estimate of drug-likeness (QED) is 0.886. The van der Waals surface area contributed by atoms with Crippen LogP contribution < -0.4 is 10.6 Å². The molecule has 0 fully saturated rings. The molecule has 0 bridgehead atoms. The van der Waals surface area contributed by atoms with Gasteiger partial charge in [0.15, 0.2) is 5.82 Å². The number of aryl methyl sites for hydroxylation is 2. The van der Waals surface area contributed by atoms with Gasteiger partial charge >= 0.3 is 0 Å². The second-order valence-corrected chi connectivity index (χ2v) is 5.65. The minimum absolute atomic E-state index is 0.130. The molecule has 2 aromatic rings. The summed E-state index contributed by atoms with van der Waals surface area (Å²) < 4.78 is 0. The maximum Gasteiger partial charge on any atom is 0.151 e. The van der Waals surface area contributed by atoms with Gasteiger partial charge < -0.3 is 10.6 Å². The van der Waals surface area contributed by atoms with Crippen LogP contribution in [-0.2, 0) is 6.42 Å². The van der Waals surface area contributed by atoms with E-state index in [4.69, 9.17) is 0 Å². The van der Waals surface area contributed by atoms with Crippen LogP contribution in [0.1, 0.15) is 30.2 Å². The lowest BCUT2D eigenvalue weighted by Crippen LogP contribution is -2.43. The zero-order valence-corrected chi connectivity index (χ0v) is 12.3. The summed E-state index contributed by atoms with van der Waals surface area (Å²) in [5.41, 5.74) is 4.66. The van der Waals surface area contributed by atoms with Gasteiger partial charge in [0.1, 0.15) is 5.66 Å². The maximum absolute atomic E-state index is 4.63.